The van der Waals surface area contributed by atoms with Crippen LogP contribution in [0.1, 0.15) is 31.2 Å². The van der Waals surface area contributed by atoms with Crippen molar-refractivity contribution in [3.63, 3.8) is 0 Å². The lowest BCUT2D eigenvalue weighted by molar-refractivity contribution is 0.480. The van der Waals surface area contributed by atoms with Gasteiger partial charge in [-0.3, -0.25) is 0 Å². The standard InChI is InChI=1S/C15H19Br/c16-14(10-11-6-2-1-3-7-11)15-12-8-4-5-9-13(12)15/h1-3,6-7,12-15H,4-5,8-10H2. The van der Waals surface area contributed by atoms with Gasteiger partial charge in [0.15, 0.2) is 0 Å². The molecule has 0 radical (unpaired) electrons. The number of hydrogen-bond acceptors (Lipinski definition) is 0. The average molecular weight is 279 g/mol. The van der Waals surface area contributed by atoms with Crippen molar-refractivity contribution < 1.29 is 0 Å². The minimum atomic E-state index is 0.711. The van der Waals surface area contributed by atoms with Crippen LogP contribution >= 0.6 is 15.9 Å². The number of hydrogen-bond donors (Lipinski definition) is 0. The molecule has 0 N–H and O–H groups in total. The minimum absolute atomic E-state index is 0.711. The molecule has 3 rings (SSSR count). The monoisotopic (exact) mass is 278 g/mol. The van der Waals surface area contributed by atoms with Gasteiger partial charge < -0.3 is 0 Å². The van der Waals surface area contributed by atoms with E-state index in [1.165, 1.54) is 37.7 Å². The SMILES string of the molecule is BrC(Cc1ccccc1)C1C2CCCCC21. The maximum atomic E-state index is 3.93. The predicted octanol–water partition coefficient (Wildman–Crippen LogP) is 4.43. The van der Waals surface area contributed by atoms with Crippen molar-refractivity contribution >= 4 is 15.9 Å². The maximum Gasteiger partial charge on any atom is 0.0219 e. The van der Waals surface area contributed by atoms with Crippen LogP contribution in [-0.4, -0.2) is 4.83 Å². The van der Waals surface area contributed by atoms with Crippen molar-refractivity contribution in [3.8, 4) is 0 Å². The summed E-state index contributed by atoms with van der Waals surface area (Å²) in [6.07, 6.45) is 7.14. The Balaban J connectivity index is 1.60. The minimum Gasteiger partial charge on any atom is -0.0884 e. The molecule has 0 aliphatic heterocycles. The molecule has 2 fully saturated rings. The zero-order chi connectivity index (χ0) is 11.0. The molecule has 0 amide bonds. The molecule has 1 aromatic carbocycles. The van der Waals surface area contributed by atoms with Crippen LogP contribution in [0.2, 0.25) is 0 Å². The Morgan fingerprint density at radius 2 is 1.69 bits per heavy atom. The zero-order valence-corrected chi connectivity index (χ0v) is 11.2. The number of benzene rings is 1. The lowest BCUT2D eigenvalue weighted by atomic mass is 10.0. The van der Waals surface area contributed by atoms with Crippen molar-refractivity contribution in [3.05, 3.63) is 35.9 Å². The van der Waals surface area contributed by atoms with Crippen LogP contribution in [-0.2, 0) is 6.42 Å². The molecule has 16 heavy (non-hydrogen) atoms. The van der Waals surface area contributed by atoms with Crippen LogP contribution in [0.15, 0.2) is 30.3 Å². The Kier molecular flexibility index (Phi) is 3.06. The fourth-order valence-corrected chi connectivity index (χ4v) is 4.72. The summed E-state index contributed by atoms with van der Waals surface area (Å²) >= 11 is 3.93. The van der Waals surface area contributed by atoms with Crippen LogP contribution in [0.3, 0.4) is 0 Å². The van der Waals surface area contributed by atoms with E-state index < -0.39 is 0 Å². The Morgan fingerprint density at radius 1 is 1.06 bits per heavy atom. The zero-order valence-electron chi connectivity index (χ0n) is 9.61. The van der Waals surface area contributed by atoms with Gasteiger partial charge in [0.2, 0.25) is 0 Å². The van der Waals surface area contributed by atoms with E-state index >= 15 is 0 Å². The molecule has 3 unspecified atom stereocenters. The van der Waals surface area contributed by atoms with Gasteiger partial charge in [0.25, 0.3) is 0 Å². The summed E-state index contributed by atoms with van der Waals surface area (Å²) in [4.78, 5) is 0.711. The second-order valence-electron chi connectivity index (χ2n) is 5.40. The molecule has 0 aromatic heterocycles. The highest BCUT2D eigenvalue weighted by atomic mass is 79.9. The Morgan fingerprint density at radius 3 is 2.31 bits per heavy atom. The van der Waals surface area contributed by atoms with Gasteiger partial charge in [-0.2, -0.15) is 0 Å². The summed E-state index contributed by atoms with van der Waals surface area (Å²) in [5, 5.41) is 0. The molecular formula is C15H19Br. The van der Waals surface area contributed by atoms with E-state index in [-0.39, 0.29) is 0 Å². The summed E-state index contributed by atoms with van der Waals surface area (Å²) in [5.74, 6) is 3.09. The first kappa shape index (κ1) is 10.8. The van der Waals surface area contributed by atoms with E-state index in [0.717, 1.165) is 17.8 Å². The quantitative estimate of drug-likeness (QED) is 0.718. The van der Waals surface area contributed by atoms with Crippen LogP contribution in [0, 0.1) is 17.8 Å². The predicted molar refractivity (Wildman–Crippen MR) is 71.8 cm³/mol. The van der Waals surface area contributed by atoms with Gasteiger partial charge in [-0.15, -0.1) is 0 Å². The summed E-state index contributed by atoms with van der Waals surface area (Å²) in [6.45, 7) is 0. The van der Waals surface area contributed by atoms with Crippen LogP contribution in [0.4, 0.5) is 0 Å². The van der Waals surface area contributed by atoms with Gasteiger partial charge in [-0.05, 0) is 42.6 Å². The summed E-state index contributed by atoms with van der Waals surface area (Å²) < 4.78 is 0. The van der Waals surface area contributed by atoms with Crippen molar-refractivity contribution in [2.75, 3.05) is 0 Å². The third-order valence-electron chi connectivity index (χ3n) is 4.41. The molecule has 0 spiro atoms. The molecule has 1 heteroatoms. The highest BCUT2D eigenvalue weighted by Gasteiger charge is 2.53. The van der Waals surface area contributed by atoms with Crippen molar-refractivity contribution in [1.29, 1.82) is 0 Å². The molecule has 2 saturated carbocycles. The first-order valence-electron chi connectivity index (χ1n) is 6.54. The third-order valence-corrected chi connectivity index (χ3v) is 5.35. The lowest BCUT2D eigenvalue weighted by Gasteiger charge is -2.09. The lowest BCUT2D eigenvalue weighted by Crippen LogP contribution is -2.07. The van der Waals surface area contributed by atoms with E-state index in [1.54, 1.807) is 0 Å². The van der Waals surface area contributed by atoms with Gasteiger partial charge in [-0.1, -0.05) is 59.1 Å². The molecule has 3 atom stereocenters. The summed E-state index contributed by atoms with van der Waals surface area (Å²) in [5.41, 5.74) is 1.48. The first-order valence-corrected chi connectivity index (χ1v) is 7.46. The van der Waals surface area contributed by atoms with Gasteiger partial charge in [0.1, 0.15) is 0 Å². The molecule has 86 valence electrons. The van der Waals surface area contributed by atoms with Crippen LogP contribution < -0.4 is 0 Å². The van der Waals surface area contributed by atoms with Crippen molar-refractivity contribution in [2.45, 2.75) is 36.9 Å². The third kappa shape index (κ3) is 2.07. The molecule has 0 heterocycles. The van der Waals surface area contributed by atoms with E-state index in [1.807, 2.05) is 0 Å². The molecule has 2 aliphatic rings. The Labute approximate surface area is 107 Å². The second kappa shape index (κ2) is 4.52. The topological polar surface area (TPSA) is 0 Å². The molecular weight excluding hydrogens is 260 g/mol. The second-order valence-corrected chi connectivity index (χ2v) is 6.57. The van der Waals surface area contributed by atoms with Crippen molar-refractivity contribution in [1.82, 2.24) is 0 Å². The Bertz CT molecular complexity index is 334. The van der Waals surface area contributed by atoms with E-state index in [9.17, 15) is 0 Å². The Hall–Kier alpha value is -0.300. The number of alkyl halides is 1. The van der Waals surface area contributed by atoms with Crippen LogP contribution in [0.5, 0.6) is 0 Å². The van der Waals surface area contributed by atoms with Gasteiger partial charge in [0, 0.05) is 4.83 Å². The fraction of sp³-hybridized carbons (Fsp3) is 0.600. The van der Waals surface area contributed by atoms with Gasteiger partial charge in [-0.25, -0.2) is 0 Å². The number of fused-ring (bicyclic) bond motifs is 1. The van der Waals surface area contributed by atoms with E-state index in [4.69, 9.17) is 0 Å². The molecule has 1 aromatic rings. The smallest absolute Gasteiger partial charge is 0.0219 e. The van der Waals surface area contributed by atoms with Gasteiger partial charge in [0.05, 0.1) is 0 Å². The van der Waals surface area contributed by atoms with E-state index in [2.05, 4.69) is 46.3 Å². The number of rotatable bonds is 3. The molecule has 0 nitrogen and oxygen atoms in total. The summed E-state index contributed by atoms with van der Waals surface area (Å²) in [7, 11) is 0. The average Bonchev–Trinajstić information content (AvgIpc) is 3.04. The fourth-order valence-electron chi connectivity index (χ4n) is 3.56. The highest BCUT2D eigenvalue weighted by molar-refractivity contribution is 9.09. The largest absolute Gasteiger partial charge is 0.0884 e. The molecule has 2 aliphatic carbocycles. The molecule has 0 saturated heterocycles. The summed E-state index contributed by atoms with van der Waals surface area (Å²) in [6, 6.07) is 10.9. The van der Waals surface area contributed by atoms with Crippen LogP contribution in [0.25, 0.3) is 0 Å². The van der Waals surface area contributed by atoms with Crippen molar-refractivity contribution in [2.24, 2.45) is 17.8 Å². The molecule has 0 bridgehead atoms. The van der Waals surface area contributed by atoms with E-state index in [0.29, 0.717) is 4.83 Å². The van der Waals surface area contributed by atoms with Gasteiger partial charge >= 0.3 is 0 Å². The number of halogens is 1. The maximum absolute atomic E-state index is 3.93. The first-order chi connectivity index (χ1) is 7.86. The normalized spacial score (nSPS) is 34.2. The highest BCUT2D eigenvalue weighted by Crippen LogP contribution is 2.58.